The summed E-state index contributed by atoms with van der Waals surface area (Å²) >= 11 is 0. The van der Waals surface area contributed by atoms with Gasteiger partial charge in [0.25, 0.3) is 0 Å². The van der Waals surface area contributed by atoms with Crippen LogP contribution in [0.5, 0.6) is 5.75 Å². The minimum Gasteiger partial charge on any atom is -0.490 e. The molecule has 0 radical (unpaired) electrons. The first-order valence-electron chi connectivity index (χ1n) is 6.74. The van der Waals surface area contributed by atoms with Crippen LogP contribution in [-0.2, 0) is 12.8 Å². The maximum atomic E-state index is 12.8. The molecule has 3 nitrogen and oxygen atoms in total. The van der Waals surface area contributed by atoms with Gasteiger partial charge in [0.15, 0.2) is 0 Å². The second-order valence-corrected chi connectivity index (χ2v) is 4.78. The van der Waals surface area contributed by atoms with Crippen LogP contribution < -0.4 is 10.5 Å². The van der Waals surface area contributed by atoms with Crippen LogP contribution in [0, 0.1) is 5.82 Å². The standard InChI is InChI=1S/C16H19FN2O/c1-2-12-8-16(10-19-9-12)20-11-15(18)7-13-3-5-14(17)6-4-13/h3-6,8-10,15H,2,7,11,18H2,1H3/t15-/m0/s1. The van der Waals surface area contributed by atoms with E-state index in [1.807, 2.05) is 12.3 Å². The molecule has 106 valence electrons. The molecule has 0 amide bonds. The van der Waals surface area contributed by atoms with E-state index < -0.39 is 0 Å². The molecule has 0 fully saturated rings. The summed E-state index contributed by atoms with van der Waals surface area (Å²) in [5, 5.41) is 0. The maximum Gasteiger partial charge on any atom is 0.137 e. The number of halogens is 1. The molecule has 1 heterocycles. The van der Waals surface area contributed by atoms with Gasteiger partial charge in [0.05, 0.1) is 6.20 Å². The van der Waals surface area contributed by atoms with Gasteiger partial charge < -0.3 is 10.5 Å². The molecule has 4 heteroatoms. The minimum absolute atomic E-state index is 0.134. The number of ether oxygens (including phenoxy) is 1. The van der Waals surface area contributed by atoms with Crippen molar-refractivity contribution < 1.29 is 9.13 Å². The average molecular weight is 274 g/mol. The van der Waals surface area contributed by atoms with Crippen LogP contribution in [0.3, 0.4) is 0 Å². The molecule has 2 aromatic rings. The zero-order valence-electron chi connectivity index (χ0n) is 11.6. The molecule has 0 saturated heterocycles. The van der Waals surface area contributed by atoms with Crippen molar-refractivity contribution in [3.05, 3.63) is 59.7 Å². The van der Waals surface area contributed by atoms with Gasteiger partial charge in [-0.2, -0.15) is 0 Å². The molecule has 1 aromatic heterocycles. The summed E-state index contributed by atoms with van der Waals surface area (Å²) in [5.41, 5.74) is 8.16. The average Bonchev–Trinajstić information content (AvgIpc) is 2.48. The Hall–Kier alpha value is -1.94. The number of benzene rings is 1. The molecule has 0 aliphatic heterocycles. The van der Waals surface area contributed by atoms with Crippen LogP contribution in [0.25, 0.3) is 0 Å². The predicted octanol–water partition coefficient (Wildman–Crippen LogP) is 2.73. The molecule has 20 heavy (non-hydrogen) atoms. The number of nitrogens with two attached hydrogens (primary N) is 1. The molecule has 2 rings (SSSR count). The number of hydrogen-bond acceptors (Lipinski definition) is 3. The summed E-state index contributed by atoms with van der Waals surface area (Å²) < 4.78 is 18.4. The fraction of sp³-hybridized carbons (Fsp3) is 0.312. The van der Waals surface area contributed by atoms with E-state index in [1.165, 1.54) is 12.1 Å². The van der Waals surface area contributed by atoms with Gasteiger partial charge in [0.2, 0.25) is 0 Å². The van der Waals surface area contributed by atoms with Crippen molar-refractivity contribution in [3.8, 4) is 5.75 Å². The lowest BCUT2D eigenvalue weighted by atomic mass is 10.1. The first-order valence-corrected chi connectivity index (χ1v) is 6.74. The van der Waals surface area contributed by atoms with E-state index in [-0.39, 0.29) is 11.9 Å². The zero-order chi connectivity index (χ0) is 14.4. The topological polar surface area (TPSA) is 48.1 Å². The molecular weight excluding hydrogens is 255 g/mol. The quantitative estimate of drug-likeness (QED) is 0.881. The van der Waals surface area contributed by atoms with Crippen LogP contribution in [0.15, 0.2) is 42.7 Å². The lowest BCUT2D eigenvalue weighted by Crippen LogP contribution is -2.30. The number of aromatic nitrogens is 1. The van der Waals surface area contributed by atoms with Crippen LogP contribution in [-0.4, -0.2) is 17.6 Å². The molecule has 0 aliphatic rings. The van der Waals surface area contributed by atoms with Crippen LogP contribution in [0.4, 0.5) is 4.39 Å². The van der Waals surface area contributed by atoms with Gasteiger partial charge in [0, 0.05) is 12.2 Å². The van der Waals surface area contributed by atoms with Crippen molar-refractivity contribution >= 4 is 0 Å². The highest BCUT2D eigenvalue weighted by Crippen LogP contribution is 2.12. The Morgan fingerprint density at radius 1 is 1.20 bits per heavy atom. The molecule has 1 aromatic carbocycles. The van der Waals surface area contributed by atoms with Crippen molar-refractivity contribution in [1.29, 1.82) is 0 Å². The van der Waals surface area contributed by atoms with E-state index in [4.69, 9.17) is 10.5 Å². The second kappa shape index (κ2) is 7.01. The summed E-state index contributed by atoms with van der Waals surface area (Å²) in [4.78, 5) is 4.12. The third kappa shape index (κ3) is 4.31. The Morgan fingerprint density at radius 2 is 1.95 bits per heavy atom. The predicted molar refractivity (Wildman–Crippen MR) is 77.2 cm³/mol. The molecule has 0 bridgehead atoms. The number of aryl methyl sites for hydroxylation is 1. The first kappa shape index (κ1) is 14.5. The fourth-order valence-corrected chi connectivity index (χ4v) is 1.92. The van der Waals surface area contributed by atoms with Gasteiger partial charge in [-0.25, -0.2) is 4.39 Å². The number of rotatable bonds is 6. The summed E-state index contributed by atoms with van der Waals surface area (Å²) in [6, 6.07) is 8.21. The number of hydrogen-bond donors (Lipinski definition) is 1. The SMILES string of the molecule is CCc1cncc(OC[C@@H](N)Cc2ccc(F)cc2)c1. The van der Waals surface area contributed by atoms with Gasteiger partial charge >= 0.3 is 0 Å². The van der Waals surface area contributed by atoms with Gasteiger partial charge in [-0.3, -0.25) is 4.98 Å². The highest BCUT2D eigenvalue weighted by atomic mass is 19.1. The van der Waals surface area contributed by atoms with Gasteiger partial charge in [-0.05, 0) is 42.2 Å². The van der Waals surface area contributed by atoms with Gasteiger partial charge in [0.1, 0.15) is 18.2 Å². The molecular formula is C16H19FN2O. The van der Waals surface area contributed by atoms with Crippen molar-refractivity contribution in [2.24, 2.45) is 5.73 Å². The molecule has 0 saturated carbocycles. The third-order valence-corrected chi connectivity index (χ3v) is 3.05. The Morgan fingerprint density at radius 3 is 2.65 bits per heavy atom. The smallest absolute Gasteiger partial charge is 0.137 e. The largest absolute Gasteiger partial charge is 0.490 e. The summed E-state index contributed by atoms with van der Waals surface area (Å²) in [7, 11) is 0. The van der Waals surface area contributed by atoms with Gasteiger partial charge in [-0.1, -0.05) is 19.1 Å². The molecule has 0 unspecified atom stereocenters. The Balaban J connectivity index is 1.85. The highest BCUT2D eigenvalue weighted by molar-refractivity contribution is 5.23. The van der Waals surface area contributed by atoms with Crippen LogP contribution in [0.1, 0.15) is 18.1 Å². The minimum atomic E-state index is -0.235. The van der Waals surface area contributed by atoms with Crippen molar-refractivity contribution in [2.45, 2.75) is 25.8 Å². The Kier molecular flexibility index (Phi) is 5.07. The van der Waals surface area contributed by atoms with Crippen molar-refractivity contribution in [3.63, 3.8) is 0 Å². The number of pyridine rings is 1. The van der Waals surface area contributed by atoms with Crippen molar-refractivity contribution in [1.82, 2.24) is 4.98 Å². The normalized spacial score (nSPS) is 12.2. The maximum absolute atomic E-state index is 12.8. The highest BCUT2D eigenvalue weighted by Gasteiger charge is 2.06. The Bertz CT molecular complexity index is 542. The lowest BCUT2D eigenvalue weighted by Gasteiger charge is -2.13. The van der Waals surface area contributed by atoms with E-state index in [0.717, 1.165) is 23.3 Å². The Labute approximate surface area is 118 Å². The summed E-state index contributed by atoms with van der Waals surface area (Å²) in [5.74, 6) is 0.500. The van der Waals surface area contributed by atoms with E-state index in [1.54, 1.807) is 18.3 Å². The summed E-state index contributed by atoms with van der Waals surface area (Å²) in [6.07, 6.45) is 5.09. The number of nitrogens with zero attached hydrogens (tertiary/aromatic N) is 1. The van der Waals surface area contributed by atoms with Crippen molar-refractivity contribution in [2.75, 3.05) is 6.61 Å². The molecule has 2 N–H and O–H groups in total. The second-order valence-electron chi connectivity index (χ2n) is 4.78. The lowest BCUT2D eigenvalue weighted by molar-refractivity contribution is 0.286. The third-order valence-electron chi connectivity index (χ3n) is 3.05. The monoisotopic (exact) mass is 274 g/mol. The molecule has 0 aliphatic carbocycles. The molecule has 1 atom stereocenters. The fourth-order valence-electron chi connectivity index (χ4n) is 1.92. The van der Waals surface area contributed by atoms with E-state index >= 15 is 0 Å². The van der Waals surface area contributed by atoms with E-state index in [9.17, 15) is 4.39 Å². The zero-order valence-corrected chi connectivity index (χ0v) is 11.6. The summed E-state index contributed by atoms with van der Waals surface area (Å²) in [6.45, 7) is 2.48. The van der Waals surface area contributed by atoms with Crippen LogP contribution in [0.2, 0.25) is 0 Å². The van der Waals surface area contributed by atoms with Crippen LogP contribution >= 0.6 is 0 Å². The first-order chi connectivity index (χ1) is 9.67. The molecule has 0 spiro atoms. The van der Waals surface area contributed by atoms with E-state index in [2.05, 4.69) is 11.9 Å². The van der Waals surface area contributed by atoms with Gasteiger partial charge in [-0.15, -0.1) is 0 Å². The van der Waals surface area contributed by atoms with E-state index in [0.29, 0.717) is 13.0 Å².